The molecular weight excluding hydrogens is 372 g/mol. The van der Waals surface area contributed by atoms with Crippen LogP contribution in [0.1, 0.15) is 28.1 Å². The molecule has 1 amide bonds. The van der Waals surface area contributed by atoms with Crippen molar-refractivity contribution in [1.29, 1.82) is 0 Å². The maximum absolute atomic E-state index is 12.3. The summed E-state index contributed by atoms with van der Waals surface area (Å²) in [5, 5.41) is 4.85. The van der Waals surface area contributed by atoms with Gasteiger partial charge < -0.3 is 10.1 Å². The Bertz CT molecular complexity index is 811. The molecule has 1 atom stereocenters. The largest absolute Gasteiger partial charge is 0.377 e. The molecule has 1 aliphatic heterocycles. The molecule has 1 aromatic heterocycles. The Morgan fingerprint density at radius 3 is 2.69 bits per heavy atom. The Balaban J connectivity index is 1.52. The number of amides is 1. The third kappa shape index (κ3) is 5.14. The van der Waals surface area contributed by atoms with Crippen molar-refractivity contribution in [3.63, 3.8) is 0 Å². The summed E-state index contributed by atoms with van der Waals surface area (Å²) in [6, 6.07) is 9.97. The average molecular weight is 395 g/mol. The van der Waals surface area contributed by atoms with Crippen molar-refractivity contribution in [2.75, 3.05) is 19.7 Å². The summed E-state index contributed by atoms with van der Waals surface area (Å²) in [7, 11) is -3.60. The molecule has 0 saturated carbocycles. The third-order valence-corrected chi connectivity index (χ3v) is 6.56. The van der Waals surface area contributed by atoms with E-state index in [1.165, 1.54) is 29.1 Å². The van der Waals surface area contributed by atoms with Gasteiger partial charge >= 0.3 is 0 Å². The highest BCUT2D eigenvalue weighted by atomic mass is 32.2. The summed E-state index contributed by atoms with van der Waals surface area (Å²) in [5.74, 6) is -0.210. The number of benzene rings is 1. The van der Waals surface area contributed by atoms with Gasteiger partial charge in [0, 0.05) is 30.1 Å². The van der Waals surface area contributed by atoms with Crippen molar-refractivity contribution in [2.45, 2.75) is 30.3 Å². The molecule has 0 radical (unpaired) electrons. The van der Waals surface area contributed by atoms with Crippen LogP contribution >= 0.6 is 11.3 Å². The molecule has 0 spiro atoms. The van der Waals surface area contributed by atoms with Gasteiger partial charge in [-0.1, -0.05) is 6.07 Å². The summed E-state index contributed by atoms with van der Waals surface area (Å²) >= 11 is 1.65. The minimum Gasteiger partial charge on any atom is -0.377 e. The zero-order valence-electron chi connectivity index (χ0n) is 14.3. The highest BCUT2D eigenvalue weighted by molar-refractivity contribution is 7.89. The Labute approximate surface area is 157 Å². The van der Waals surface area contributed by atoms with Crippen molar-refractivity contribution < 1.29 is 17.9 Å². The van der Waals surface area contributed by atoms with Gasteiger partial charge in [-0.05, 0) is 55.0 Å². The summed E-state index contributed by atoms with van der Waals surface area (Å²) in [5.41, 5.74) is 0.439. The van der Waals surface area contributed by atoms with Crippen LogP contribution in [0, 0.1) is 0 Å². The topological polar surface area (TPSA) is 84.5 Å². The highest BCUT2D eigenvalue weighted by Crippen LogP contribution is 2.14. The van der Waals surface area contributed by atoms with Crippen molar-refractivity contribution in [3.05, 3.63) is 52.2 Å². The summed E-state index contributed by atoms with van der Waals surface area (Å²) in [6.07, 6.45) is 2.55. The fourth-order valence-corrected chi connectivity index (χ4v) is 4.51. The Morgan fingerprint density at radius 2 is 2.04 bits per heavy atom. The van der Waals surface area contributed by atoms with Crippen LogP contribution in [-0.4, -0.2) is 40.1 Å². The van der Waals surface area contributed by atoms with Crippen LogP contribution < -0.4 is 10.0 Å². The molecule has 1 aromatic carbocycles. The number of hydrogen-bond acceptors (Lipinski definition) is 5. The van der Waals surface area contributed by atoms with Crippen molar-refractivity contribution in [1.82, 2.24) is 10.0 Å². The maximum atomic E-state index is 12.3. The summed E-state index contributed by atoms with van der Waals surface area (Å²) < 4.78 is 32.6. The number of sulfonamides is 1. The number of ether oxygens (including phenoxy) is 1. The first-order valence-electron chi connectivity index (χ1n) is 8.56. The van der Waals surface area contributed by atoms with Crippen LogP contribution in [0.3, 0.4) is 0 Å². The van der Waals surface area contributed by atoms with E-state index in [4.69, 9.17) is 4.74 Å². The van der Waals surface area contributed by atoms with Crippen LogP contribution in [0.5, 0.6) is 0 Å². The van der Waals surface area contributed by atoms with Gasteiger partial charge in [-0.25, -0.2) is 13.1 Å². The molecule has 8 heteroatoms. The Kier molecular flexibility index (Phi) is 6.42. The predicted molar refractivity (Wildman–Crippen MR) is 101 cm³/mol. The number of carbonyl (C=O) groups is 1. The molecule has 140 valence electrons. The summed E-state index contributed by atoms with van der Waals surface area (Å²) in [6.45, 7) is 1.50. The lowest BCUT2D eigenvalue weighted by atomic mass is 10.2. The second-order valence-electron chi connectivity index (χ2n) is 6.10. The summed E-state index contributed by atoms with van der Waals surface area (Å²) in [4.78, 5) is 13.5. The predicted octanol–water partition coefficient (Wildman–Crippen LogP) is 2.18. The van der Waals surface area contributed by atoms with Crippen LogP contribution in [0.25, 0.3) is 0 Å². The van der Waals surface area contributed by atoms with E-state index in [1.54, 1.807) is 11.3 Å². The van der Waals surface area contributed by atoms with Gasteiger partial charge in [0.05, 0.1) is 11.0 Å². The molecule has 1 fully saturated rings. The van der Waals surface area contributed by atoms with Gasteiger partial charge in [0.1, 0.15) is 0 Å². The Morgan fingerprint density at radius 1 is 1.23 bits per heavy atom. The number of rotatable bonds is 8. The zero-order chi connectivity index (χ0) is 18.4. The van der Waals surface area contributed by atoms with Crippen molar-refractivity contribution >= 4 is 27.3 Å². The van der Waals surface area contributed by atoms with Gasteiger partial charge in [0.2, 0.25) is 10.0 Å². The lowest BCUT2D eigenvalue weighted by Gasteiger charge is -2.11. The van der Waals surface area contributed by atoms with E-state index in [0.717, 1.165) is 19.3 Å². The maximum Gasteiger partial charge on any atom is 0.251 e. The molecule has 2 aromatic rings. The molecule has 0 bridgehead atoms. The lowest BCUT2D eigenvalue weighted by molar-refractivity contribution is 0.0954. The van der Waals surface area contributed by atoms with E-state index in [0.29, 0.717) is 18.7 Å². The second kappa shape index (κ2) is 8.77. The number of hydrogen-bond donors (Lipinski definition) is 2. The van der Waals surface area contributed by atoms with E-state index in [2.05, 4.69) is 10.0 Å². The SMILES string of the molecule is O=C(NCCc1cccs1)c1ccc(S(=O)(=O)NCC2CCCO2)cc1. The first kappa shape index (κ1) is 19.0. The minimum atomic E-state index is -3.60. The smallest absolute Gasteiger partial charge is 0.251 e. The van der Waals surface area contributed by atoms with Crippen molar-refractivity contribution in [3.8, 4) is 0 Å². The van der Waals surface area contributed by atoms with Gasteiger partial charge in [0.15, 0.2) is 0 Å². The van der Waals surface area contributed by atoms with Crippen LogP contribution in [0.15, 0.2) is 46.7 Å². The van der Waals surface area contributed by atoms with E-state index in [9.17, 15) is 13.2 Å². The molecule has 2 N–H and O–H groups in total. The normalized spacial score (nSPS) is 17.3. The molecule has 1 aliphatic rings. The third-order valence-electron chi connectivity index (χ3n) is 4.19. The standard InChI is InChI=1S/C18H22N2O4S2/c21-18(19-10-9-16-4-2-12-25-16)14-5-7-17(8-6-14)26(22,23)20-13-15-3-1-11-24-15/h2,4-8,12,15,20H,1,3,9-11,13H2,(H,19,21). The number of thiophene rings is 1. The molecule has 3 rings (SSSR count). The second-order valence-corrected chi connectivity index (χ2v) is 8.90. The fourth-order valence-electron chi connectivity index (χ4n) is 2.73. The Hall–Kier alpha value is -1.74. The van der Waals surface area contributed by atoms with Gasteiger partial charge in [-0.3, -0.25) is 4.79 Å². The molecule has 26 heavy (non-hydrogen) atoms. The van der Waals surface area contributed by atoms with E-state index >= 15 is 0 Å². The number of carbonyl (C=O) groups excluding carboxylic acids is 1. The first-order valence-corrected chi connectivity index (χ1v) is 10.9. The first-order chi connectivity index (χ1) is 12.5. The van der Waals surface area contributed by atoms with Crippen LogP contribution in [0.2, 0.25) is 0 Å². The number of nitrogens with one attached hydrogen (secondary N) is 2. The van der Waals surface area contributed by atoms with E-state index in [-0.39, 0.29) is 23.5 Å². The van der Waals surface area contributed by atoms with Crippen LogP contribution in [0.4, 0.5) is 0 Å². The fraction of sp³-hybridized carbons (Fsp3) is 0.389. The van der Waals surface area contributed by atoms with E-state index in [1.807, 2.05) is 17.5 Å². The zero-order valence-corrected chi connectivity index (χ0v) is 15.9. The monoisotopic (exact) mass is 394 g/mol. The van der Waals surface area contributed by atoms with Gasteiger partial charge in [-0.2, -0.15) is 0 Å². The highest BCUT2D eigenvalue weighted by Gasteiger charge is 2.20. The molecule has 0 aliphatic carbocycles. The molecule has 2 heterocycles. The lowest BCUT2D eigenvalue weighted by Crippen LogP contribution is -2.32. The van der Waals surface area contributed by atoms with Gasteiger partial charge in [0.25, 0.3) is 5.91 Å². The molecular formula is C18H22N2O4S2. The van der Waals surface area contributed by atoms with Crippen LogP contribution in [-0.2, 0) is 21.2 Å². The van der Waals surface area contributed by atoms with Gasteiger partial charge in [-0.15, -0.1) is 11.3 Å². The molecule has 1 unspecified atom stereocenters. The van der Waals surface area contributed by atoms with E-state index < -0.39 is 10.0 Å². The molecule has 1 saturated heterocycles. The van der Waals surface area contributed by atoms with Crippen molar-refractivity contribution in [2.24, 2.45) is 0 Å². The minimum absolute atomic E-state index is 0.0572. The molecule has 6 nitrogen and oxygen atoms in total. The quantitative estimate of drug-likeness (QED) is 0.719. The average Bonchev–Trinajstić information content (AvgIpc) is 3.34.